The number of fused-ring (bicyclic) bond motifs is 2. The summed E-state index contributed by atoms with van der Waals surface area (Å²) in [5.74, 6) is 0. The molecule has 4 heteroatoms. The number of para-hydroxylation sites is 1. The number of aromatic nitrogens is 4. The first-order chi connectivity index (χ1) is 9.83. The highest BCUT2D eigenvalue weighted by atomic mass is 14.9. The second-order valence-electron chi connectivity index (χ2n) is 4.80. The smallest absolute Gasteiger partial charge is 0.178 e. The van der Waals surface area contributed by atoms with Crippen molar-refractivity contribution >= 4 is 22.1 Å². The molecule has 0 saturated heterocycles. The molecule has 0 aliphatic carbocycles. The highest BCUT2D eigenvalue weighted by Crippen LogP contribution is 2.29. The summed E-state index contributed by atoms with van der Waals surface area (Å²) in [6, 6.07) is 10.2. The van der Waals surface area contributed by atoms with Gasteiger partial charge >= 0.3 is 0 Å². The van der Waals surface area contributed by atoms with Gasteiger partial charge in [0, 0.05) is 35.1 Å². The molecule has 3 aromatic heterocycles. The Kier molecular flexibility index (Phi) is 2.29. The maximum atomic E-state index is 4.60. The minimum absolute atomic E-state index is 0.673. The molecule has 20 heavy (non-hydrogen) atoms. The van der Waals surface area contributed by atoms with Crippen LogP contribution in [0.15, 0.2) is 48.9 Å². The fourth-order valence-electron chi connectivity index (χ4n) is 2.52. The summed E-state index contributed by atoms with van der Waals surface area (Å²) in [5, 5.41) is 1.18. The minimum Gasteiger partial charge on any atom is -0.360 e. The van der Waals surface area contributed by atoms with Gasteiger partial charge in [-0.15, -0.1) is 0 Å². The van der Waals surface area contributed by atoms with Crippen molar-refractivity contribution < 1.29 is 0 Å². The molecule has 0 aliphatic heterocycles. The van der Waals surface area contributed by atoms with E-state index in [4.69, 9.17) is 0 Å². The molecule has 4 rings (SSSR count). The van der Waals surface area contributed by atoms with Gasteiger partial charge in [0.2, 0.25) is 0 Å². The van der Waals surface area contributed by atoms with Gasteiger partial charge in [0.05, 0.1) is 5.69 Å². The lowest BCUT2D eigenvalue weighted by Crippen LogP contribution is -1.88. The van der Waals surface area contributed by atoms with E-state index in [2.05, 4.69) is 45.1 Å². The van der Waals surface area contributed by atoms with Gasteiger partial charge < -0.3 is 4.98 Å². The van der Waals surface area contributed by atoms with Gasteiger partial charge in [-0.05, 0) is 24.6 Å². The van der Waals surface area contributed by atoms with Gasteiger partial charge in [0.25, 0.3) is 0 Å². The predicted molar refractivity (Wildman–Crippen MR) is 79.4 cm³/mol. The van der Waals surface area contributed by atoms with Crippen LogP contribution in [0.1, 0.15) is 5.56 Å². The van der Waals surface area contributed by atoms with Crippen molar-refractivity contribution in [3.8, 4) is 11.3 Å². The zero-order chi connectivity index (χ0) is 13.5. The molecule has 3 heterocycles. The largest absolute Gasteiger partial charge is 0.360 e. The quantitative estimate of drug-likeness (QED) is 0.570. The number of pyridine rings is 1. The Hall–Kier alpha value is -2.75. The lowest BCUT2D eigenvalue weighted by molar-refractivity contribution is 1.23. The number of nitrogens with one attached hydrogen (secondary N) is 1. The zero-order valence-corrected chi connectivity index (χ0v) is 11.0. The molecule has 96 valence electrons. The average molecular weight is 260 g/mol. The van der Waals surface area contributed by atoms with E-state index in [1.807, 2.05) is 18.3 Å². The number of nitrogens with zero attached hydrogens (tertiary/aromatic N) is 3. The molecule has 0 spiro atoms. The molecule has 0 aliphatic rings. The third kappa shape index (κ3) is 1.58. The van der Waals surface area contributed by atoms with Crippen molar-refractivity contribution in [3.05, 3.63) is 54.5 Å². The van der Waals surface area contributed by atoms with Crippen LogP contribution in [0.25, 0.3) is 33.3 Å². The van der Waals surface area contributed by atoms with Gasteiger partial charge in [0.15, 0.2) is 5.65 Å². The normalized spacial score (nSPS) is 11.2. The zero-order valence-electron chi connectivity index (χ0n) is 11.0. The summed E-state index contributed by atoms with van der Waals surface area (Å²) in [6.07, 6.45) is 5.35. The molecular formula is C16H12N4. The van der Waals surface area contributed by atoms with Crippen molar-refractivity contribution in [1.29, 1.82) is 0 Å². The van der Waals surface area contributed by atoms with Crippen molar-refractivity contribution in [2.24, 2.45) is 0 Å². The summed E-state index contributed by atoms with van der Waals surface area (Å²) in [5.41, 5.74) is 5.88. The van der Waals surface area contributed by atoms with E-state index in [9.17, 15) is 0 Å². The number of aryl methyl sites for hydroxylation is 1. The number of H-pyrrole nitrogens is 1. The van der Waals surface area contributed by atoms with Gasteiger partial charge in [-0.2, -0.15) is 0 Å². The monoisotopic (exact) mass is 260 g/mol. The van der Waals surface area contributed by atoms with Crippen LogP contribution < -0.4 is 0 Å². The van der Waals surface area contributed by atoms with Crippen LogP contribution in [0, 0.1) is 6.92 Å². The molecule has 1 aromatic carbocycles. The molecule has 0 unspecified atom stereocenters. The Balaban J connectivity index is 1.99. The number of hydrogen-bond acceptors (Lipinski definition) is 3. The Labute approximate surface area is 115 Å². The molecule has 0 amide bonds. The van der Waals surface area contributed by atoms with Crippen molar-refractivity contribution in [3.63, 3.8) is 0 Å². The van der Waals surface area contributed by atoms with E-state index in [1.165, 1.54) is 10.9 Å². The first-order valence-electron chi connectivity index (χ1n) is 6.48. The van der Waals surface area contributed by atoms with E-state index in [0.717, 1.165) is 22.3 Å². The maximum absolute atomic E-state index is 4.60. The van der Waals surface area contributed by atoms with E-state index in [-0.39, 0.29) is 0 Å². The summed E-state index contributed by atoms with van der Waals surface area (Å²) in [4.78, 5) is 16.4. The topological polar surface area (TPSA) is 54.5 Å². The van der Waals surface area contributed by atoms with E-state index in [0.29, 0.717) is 5.65 Å². The van der Waals surface area contributed by atoms with Crippen LogP contribution in [0.5, 0.6) is 0 Å². The molecule has 4 nitrogen and oxygen atoms in total. The Bertz CT molecular complexity index is 924. The van der Waals surface area contributed by atoms with E-state index < -0.39 is 0 Å². The Morgan fingerprint density at radius 1 is 1.00 bits per heavy atom. The number of rotatable bonds is 1. The van der Waals surface area contributed by atoms with Crippen LogP contribution in [-0.4, -0.2) is 19.9 Å². The lowest BCUT2D eigenvalue weighted by atomic mass is 10.1. The van der Waals surface area contributed by atoms with Gasteiger partial charge in [-0.25, -0.2) is 9.97 Å². The molecule has 0 fully saturated rings. The fourth-order valence-corrected chi connectivity index (χ4v) is 2.52. The third-order valence-corrected chi connectivity index (χ3v) is 3.53. The molecule has 0 radical (unpaired) electrons. The summed E-state index contributed by atoms with van der Waals surface area (Å²) < 4.78 is 0. The van der Waals surface area contributed by atoms with Crippen LogP contribution >= 0.6 is 0 Å². The second-order valence-corrected chi connectivity index (χ2v) is 4.80. The van der Waals surface area contributed by atoms with Crippen molar-refractivity contribution in [1.82, 2.24) is 19.9 Å². The predicted octanol–water partition coefficient (Wildman–Crippen LogP) is 3.48. The Morgan fingerprint density at radius 2 is 1.90 bits per heavy atom. The minimum atomic E-state index is 0.673. The van der Waals surface area contributed by atoms with Gasteiger partial charge in [-0.3, -0.25) is 4.98 Å². The first-order valence-corrected chi connectivity index (χ1v) is 6.48. The number of hydrogen-bond donors (Lipinski definition) is 1. The van der Waals surface area contributed by atoms with Gasteiger partial charge in [-0.1, -0.05) is 18.2 Å². The summed E-state index contributed by atoms with van der Waals surface area (Å²) in [7, 11) is 0. The standard InChI is InChI=1S/C16H12N4/c1-10-3-2-4-11-12(9-19-15(10)11)13-5-6-14-16(20-13)18-8-7-17-14/h2-9,19H,1H3. The first kappa shape index (κ1) is 11.1. The molecule has 0 bridgehead atoms. The molecule has 4 aromatic rings. The molecule has 1 N–H and O–H groups in total. The van der Waals surface area contributed by atoms with Crippen LogP contribution in [0.4, 0.5) is 0 Å². The fraction of sp³-hybridized carbons (Fsp3) is 0.0625. The molecule has 0 atom stereocenters. The van der Waals surface area contributed by atoms with Crippen molar-refractivity contribution in [2.45, 2.75) is 6.92 Å². The third-order valence-electron chi connectivity index (χ3n) is 3.53. The van der Waals surface area contributed by atoms with Gasteiger partial charge in [0.1, 0.15) is 5.52 Å². The van der Waals surface area contributed by atoms with Crippen LogP contribution in [0.2, 0.25) is 0 Å². The van der Waals surface area contributed by atoms with E-state index >= 15 is 0 Å². The number of benzene rings is 1. The van der Waals surface area contributed by atoms with Crippen LogP contribution in [0.3, 0.4) is 0 Å². The maximum Gasteiger partial charge on any atom is 0.178 e. The average Bonchev–Trinajstić information content (AvgIpc) is 2.92. The Morgan fingerprint density at radius 3 is 2.85 bits per heavy atom. The lowest BCUT2D eigenvalue weighted by Gasteiger charge is -2.01. The van der Waals surface area contributed by atoms with Crippen molar-refractivity contribution in [2.75, 3.05) is 0 Å². The molecular weight excluding hydrogens is 248 g/mol. The number of aromatic amines is 1. The summed E-state index contributed by atoms with van der Waals surface area (Å²) >= 11 is 0. The SMILES string of the molecule is Cc1cccc2c(-c3ccc4nccnc4n3)c[nH]c12. The van der Waals surface area contributed by atoms with E-state index in [1.54, 1.807) is 12.4 Å². The highest BCUT2D eigenvalue weighted by Gasteiger charge is 2.09. The molecule has 0 saturated carbocycles. The van der Waals surface area contributed by atoms with Crippen LogP contribution in [-0.2, 0) is 0 Å². The second kappa shape index (κ2) is 4.13. The highest BCUT2D eigenvalue weighted by molar-refractivity contribution is 5.96. The summed E-state index contributed by atoms with van der Waals surface area (Å²) in [6.45, 7) is 2.10.